The number of hydrogen-bond donors (Lipinski definition) is 1. The molecule has 98 valence electrons. The van der Waals surface area contributed by atoms with Crippen LogP contribution in [0.3, 0.4) is 0 Å². The lowest BCUT2D eigenvalue weighted by Crippen LogP contribution is -2.27. The normalized spacial score (nSPS) is 9.89. The van der Waals surface area contributed by atoms with E-state index in [-0.39, 0.29) is 23.9 Å². The summed E-state index contributed by atoms with van der Waals surface area (Å²) in [5.41, 5.74) is 6.10. The van der Waals surface area contributed by atoms with E-state index in [2.05, 4.69) is 0 Å². The second-order valence-corrected chi connectivity index (χ2v) is 3.66. The van der Waals surface area contributed by atoms with Crippen molar-refractivity contribution in [2.75, 3.05) is 30.8 Å². The summed E-state index contributed by atoms with van der Waals surface area (Å²) in [6.45, 7) is 2.10. The Morgan fingerprint density at radius 3 is 2.72 bits per heavy atom. The number of nitro benzene ring substituents is 1. The van der Waals surface area contributed by atoms with Gasteiger partial charge in [0.25, 0.3) is 5.69 Å². The molecule has 0 aliphatic carbocycles. The van der Waals surface area contributed by atoms with Crippen LogP contribution in [0, 0.1) is 10.1 Å². The minimum Gasteiger partial charge on any atom is -0.465 e. The van der Waals surface area contributed by atoms with E-state index in [0.29, 0.717) is 12.3 Å². The van der Waals surface area contributed by atoms with Crippen LogP contribution in [0.1, 0.15) is 6.92 Å². The van der Waals surface area contributed by atoms with Gasteiger partial charge in [-0.1, -0.05) is 0 Å². The van der Waals surface area contributed by atoms with Gasteiger partial charge in [-0.3, -0.25) is 14.9 Å². The standard InChI is InChI=1S/C11H15N3O4/c1-3-18-11(15)7-13(2)8-4-5-10(14(16)17)9(12)6-8/h4-6H,3,7,12H2,1-2H3. The first-order valence-electron chi connectivity index (χ1n) is 5.36. The molecule has 0 radical (unpaired) electrons. The molecule has 7 heteroatoms. The summed E-state index contributed by atoms with van der Waals surface area (Å²) < 4.78 is 4.81. The van der Waals surface area contributed by atoms with Gasteiger partial charge in [0, 0.05) is 18.8 Å². The number of esters is 1. The molecule has 0 atom stereocenters. The van der Waals surface area contributed by atoms with E-state index >= 15 is 0 Å². The molecule has 18 heavy (non-hydrogen) atoms. The van der Waals surface area contributed by atoms with Crippen LogP contribution in [-0.2, 0) is 9.53 Å². The number of carbonyl (C=O) groups is 1. The Morgan fingerprint density at radius 1 is 1.56 bits per heavy atom. The Bertz CT molecular complexity index is 462. The van der Waals surface area contributed by atoms with Gasteiger partial charge in [0.05, 0.1) is 11.5 Å². The summed E-state index contributed by atoms with van der Waals surface area (Å²) in [5, 5.41) is 10.6. The Balaban J connectivity index is 2.81. The van der Waals surface area contributed by atoms with Crippen LogP contribution in [0.15, 0.2) is 18.2 Å². The molecule has 0 unspecified atom stereocenters. The molecule has 0 fully saturated rings. The van der Waals surface area contributed by atoms with E-state index in [1.165, 1.54) is 18.2 Å². The summed E-state index contributed by atoms with van der Waals surface area (Å²) in [5.74, 6) is -0.364. The van der Waals surface area contributed by atoms with Crippen molar-refractivity contribution in [3.63, 3.8) is 0 Å². The molecule has 0 aromatic heterocycles. The predicted molar refractivity (Wildman–Crippen MR) is 67.4 cm³/mol. The zero-order chi connectivity index (χ0) is 13.7. The summed E-state index contributed by atoms with van der Waals surface area (Å²) in [6.07, 6.45) is 0. The van der Waals surface area contributed by atoms with Crippen LogP contribution < -0.4 is 10.6 Å². The largest absolute Gasteiger partial charge is 0.465 e. The first-order chi connectivity index (χ1) is 8.45. The molecule has 0 bridgehead atoms. The van der Waals surface area contributed by atoms with Crippen molar-refractivity contribution in [1.29, 1.82) is 0 Å². The molecule has 0 aliphatic heterocycles. The van der Waals surface area contributed by atoms with Gasteiger partial charge < -0.3 is 15.4 Å². The topological polar surface area (TPSA) is 98.7 Å². The molecule has 2 N–H and O–H groups in total. The fourth-order valence-corrected chi connectivity index (χ4v) is 1.44. The second-order valence-electron chi connectivity index (χ2n) is 3.66. The number of nitrogen functional groups attached to an aromatic ring is 1. The fraction of sp³-hybridized carbons (Fsp3) is 0.364. The maximum absolute atomic E-state index is 11.3. The number of anilines is 2. The number of likely N-dealkylation sites (N-methyl/N-ethyl adjacent to an activating group) is 1. The maximum atomic E-state index is 11.3. The summed E-state index contributed by atoms with van der Waals surface area (Å²) in [4.78, 5) is 22.9. The van der Waals surface area contributed by atoms with Crippen molar-refractivity contribution >= 4 is 23.0 Å². The summed E-state index contributed by atoms with van der Waals surface area (Å²) in [7, 11) is 1.68. The Kier molecular flexibility index (Phi) is 4.47. The van der Waals surface area contributed by atoms with Crippen molar-refractivity contribution in [2.45, 2.75) is 6.92 Å². The smallest absolute Gasteiger partial charge is 0.325 e. The van der Waals surface area contributed by atoms with Gasteiger partial charge in [0.1, 0.15) is 12.2 Å². The van der Waals surface area contributed by atoms with Gasteiger partial charge in [-0.15, -0.1) is 0 Å². The summed E-state index contributed by atoms with van der Waals surface area (Å²) >= 11 is 0. The zero-order valence-corrected chi connectivity index (χ0v) is 10.3. The van der Waals surface area contributed by atoms with E-state index < -0.39 is 4.92 Å². The monoisotopic (exact) mass is 253 g/mol. The van der Waals surface area contributed by atoms with Gasteiger partial charge in [-0.25, -0.2) is 0 Å². The first kappa shape index (κ1) is 13.8. The van der Waals surface area contributed by atoms with Crippen LogP contribution in [0.2, 0.25) is 0 Å². The number of benzene rings is 1. The Labute approximate surface area is 104 Å². The summed E-state index contributed by atoms with van der Waals surface area (Å²) in [6, 6.07) is 4.30. The van der Waals surface area contributed by atoms with Crippen molar-refractivity contribution < 1.29 is 14.5 Å². The van der Waals surface area contributed by atoms with E-state index in [1.807, 2.05) is 0 Å². The molecule has 0 amide bonds. The molecule has 0 saturated carbocycles. The highest BCUT2D eigenvalue weighted by Crippen LogP contribution is 2.26. The van der Waals surface area contributed by atoms with Gasteiger partial charge in [0.2, 0.25) is 0 Å². The highest BCUT2D eigenvalue weighted by atomic mass is 16.6. The molecule has 1 aromatic rings. The van der Waals surface area contributed by atoms with E-state index in [1.54, 1.807) is 18.9 Å². The maximum Gasteiger partial charge on any atom is 0.325 e. The number of carbonyl (C=O) groups excluding carboxylic acids is 1. The third-order valence-electron chi connectivity index (χ3n) is 2.32. The molecular formula is C11H15N3O4. The number of hydrogen-bond acceptors (Lipinski definition) is 6. The predicted octanol–water partition coefficient (Wildman–Crippen LogP) is 1.18. The molecule has 0 spiro atoms. The average Bonchev–Trinajstić information content (AvgIpc) is 2.28. The van der Waals surface area contributed by atoms with Crippen molar-refractivity contribution in [3.05, 3.63) is 28.3 Å². The molecule has 0 heterocycles. The van der Waals surface area contributed by atoms with Crippen LogP contribution in [0.25, 0.3) is 0 Å². The molecular weight excluding hydrogens is 238 g/mol. The lowest BCUT2D eigenvalue weighted by molar-refractivity contribution is -0.383. The van der Waals surface area contributed by atoms with Gasteiger partial charge in [-0.2, -0.15) is 0 Å². The minimum absolute atomic E-state index is 0.0606. The number of ether oxygens (including phenoxy) is 1. The van der Waals surface area contributed by atoms with E-state index in [0.717, 1.165) is 0 Å². The lowest BCUT2D eigenvalue weighted by atomic mass is 10.2. The van der Waals surface area contributed by atoms with Crippen molar-refractivity contribution in [3.8, 4) is 0 Å². The molecule has 1 aromatic carbocycles. The number of nitrogens with two attached hydrogens (primary N) is 1. The van der Waals surface area contributed by atoms with Gasteiger partial charge in [0.15, 0.2) is 0 Å². The average molecular weight is 253 g/mol. The van der Waals surface area contributed by atoms with Gasteiger partial charge >= 0.3 is 5.97 Å². The van der Waals surface area contributed by atoms with Crippen LogP contribution in [-0.4, -0.2) is 31.1 Å². The zero-order valence-electron chi connectivity index (χ0n) is 10.3. The highest BCUT2D eigenvalue weighted by Gasteiger charge is 2.14. The van der Waals surface area contributed by atoms with E-state index in [9.17, 15) is 14.9 Å². The van der Waals surface area contributed by atoms with Crippen molar-refractivity contribution in [1.82, 2.24) is 0 Å². The Morgan fingerprint density at radius 2 is 2.22 bits per heavy atom. The fourth-order valence-electron chi connectivity index (χ4n) is 1.44. The quantitative estimate of drug-likeness (QED) is 0.366. The third-order valence-corrected chi connectivity index (χ3v) is 2.32. The number of nitrogens with zero attached hydrogens (tertiary/aromatic N) is 2. The SMILES string of the molecule is CCOC(=O)CN(C)c1ccc([N+](=O)[O-])c(N)c1. The van der Waals surface area contributed by atoms with E-state index in [4.69, 9.17) is 10.5 Å². The third kappa shape index (κ3) is 3.34. The number of rotatable bonds is 5. The Hall–Kier alpha value is -2.31. The minimum atomic E-state index is -0.551. The van der Waals surface area contributed by atoms with Gasteiger partial charge in [-0.05, 0) is 19.1 Å². The number of nitro groups is 1. The highest BCUT2D eigenvalue weighted by molar-refractivity contribution is 5.77. The molecule has 1 rings (SSSR count). The molecule has 7 nitrogen and oxygen atoms in total. The second kappa shape index (κ2) is 5.85. The first-order valence-corrected chi connectivity index (χ1v) is 5.36. The van der Waals surface area contributed by atoms with Crippen LogP contribution in [0.5, 0.6) is 0 Å². The van der Waals surface area contributed by atoms with Crippen LogP contribution in [0.4, 0.5) is 17.1 Å². The molecule has 0 saturated heterocycles. The van der Waals surface area contributed by atoms with Crippen molar-refractivity contribution in [2.24, 2.45) is 0 Å². The lowest BCUT2D eigenvalue weighted by Gasteiger charge is -2.18. The molecule has 0 aliphatic rings. The van der Waals surface area contributed by atoms with Crippen LogP contribution >= 0.6 is 0 Å².